The Bertz CT molecular complexity index is 2590. The van der Waals surface area contributed by atoms with Crippen molar-refractivity contribution in [2.45, 2.75) is 78.3 Å². The van der Waals surface area contributed by atoms with Crippen LogP contribution in [0.25, 0.3) is 35.7 Å². The van der Waals surface area contributed by atoms with Gasteiger partial charge in [-0.05, 0) is 113 Å². The minimum Gasteiger partial charge on any atom is -0.304 e. The molecule has 2 aromatic carbocycles. The molecule has 2 aliphatic rings. The van der Waals surface area contributed by atoms with Crippen molar-refractivity contribution in [2.24, 2.45) is 0 Å². The molecular weight excluding hydrogens is 745 g/mol. The highest BCUT2D eigenvalue weighted by atomic mass is 15.4. The van der Waals surface area contributed by atoms with Gasteiger partial charge < -0.3 is 9.13 Å². The molecule has 8 aromatic rings. The number of fused-ring (bicyclic) bond motifs is 2. The summed E-state index contributed by atoms with van der Waals surface area (Å²) in [5.74, 6) is 4.22. The van der Waals surface area contributed by atoms with E-state index in [0.717, 1.165) is 108 Å². The second-order valence-electron chi connectivity index (χ2n) is 15.5. The van der Waals surface area contributed by atoms with Crippen molar-refractivity contribution in [1.29, 1.82) is 0 Å². The molecule has 0 fully saturated rings. The Morgan fingerprint density at radius 1 is 0.500 bits per heavy atom. The van der Waals surface area contributed by atoms with Gasteiger partial charge in [-0.1, -0.05) is 60.7 Å². The smallest absolute Gasteiger partial charge is 0.174 e. The Labute approximate surface area is 350 Å². The normalized spacial score (nSPS) is 16.1. The lowest BCUT2D eigenvalue weighted by atomic mass is 9.91. The minimum atomic E-state index is 0.313. The van der Waals surface area contributed by atoms with Crippen molar-refractivity contribution < 1.29 is 0 Å². The number of benzene rings is 2. The lowest BCUT2D eigenvalue weighted by Crippen LogP contribution is -2.17. The van der Waals surface area contributed by atoms with E-state index >= 15 is 0 Å². The van der Waals surface area contributed by atoms with Crippen molar-refractivity contribution in [2.75, 3.05) is 0 Å². The summed E-state index contributed by atoms with van der Waals surface area (Å²) in [5, 5.41) is 9.42. The number of pyridine rings is 2. The van der Waals surface area contributed by atoms with Gasteiger partial charge in [-0.2, -0.15) is 10.2 Å². The second-order valence-corrected chi connectivity index (χ2v) is 15.5. The number of rotatable bonds is 8. The van der Waals surface area contributed by atoms with Gasteiger partial charge in [-0.15, -0.1) is 0 Å². The van der Waals surface area contributed by atoms with Crippen molar-refractivity contribution in [3.63, 3.8) is 0 Å². The molecule has 2 aliphatic heterocycles. The Balaban J connectivity index is 0.000000154. The first-order chi connectivity index (χ1) is 29.3. The fourth-order valence-electron chi connectivity index (χ4n) is 8.18. The van der Waals surface area contributed by atoms with Crippen LogP contribution in [0.1, 0.15) is 106 Å². The Morgan fingerprint density at radius 2 is 0.933 bits per heavy atom. The van der Waals surface area contributed by atoms with Crippen LogP contribution in [-0.2, 0) is 13.1 Å². The van der Waals surface area contributed by atoms with Crippen LogP contribution in [0.3, 0.4) is 0 Å². The van der Waals surface area contributed by atoms with Gasteiger partial charge in [0, 0.05) is 37.3 Å². The largest absolute Gasteiger partial charge is 0.304 e. The highest BCUT2D eigenvalue weighted by molar-refractivity contribution is 5.66. The van der Waals surface area contributed by atoms with Crippen LogP contribution in [0.5, 0.6) is 0 Å². The minimum absolute atomic E-state index is 0.313. The molecule has 6 aromatic heterocycles. The highest BCUT2D eigenvalue weighted by Crippen LogP contribution is 2.33. The number of imidazole rings is 2. The van der Waals surface area contributed by atoms with E-state index in [1.165, 1.54) is 11.1 Å². The summed E-state index contributed by atoms with van der Waals surface area (Å²) in [6.07, 6.45) is 20.0. The van der Waals surface area contributed by atoms with Crippen LogP contribution in [-0.4, -0.2) is 58.6 Å². The lowest BCUT2D eigenvalue weighted by Gasteiger charge is -2.22. The molecule has 0 radical (unpaired) electrons. The van der Waals surface area contributed by atoms with Crippen molar-refractivity contribution >= 4 is 24.3 Å². The van der Waals surface area contributed by atoms with Gasteiger partial charge in [0.2, 0.25) is 0 Å². The zero-order valence-electron chi connectivity index (χ0n) is 34.5. The zero-order chi connectivity index (χ0) is 41.0. The topological polar surface area (TPSA) is 123 Å². The quantitative estimate of drug-likeness (QED) is 0.149. The van der Waals surface area contributed by atoms with Crippen molar-refractivity contribution in [1.82, 2.24) is 58.6 Å². The summed E-state index contributed by atoms with van der Waals surface area (Å²) in [5.41, 5.74) is 10.4. The van der Waals surface area contributed by atoms with E-state index in [4.69, 9.17) is 30.1 Å². The van der Waals surface area contributed by atoms with Gasteiger partial charge in [0.05, 0.1) is 58.2 Å². The Hall–Kier alpha value is -7.08. The van der Waals surface area contributed by atoms with E-state index in [1.807, 2.05) is 98.3 Å². The van der Waals surface area contributed by atoms with E-state index in [1.54, 1.807) is 0 Å². The summed E-state index contributed by atoms with van der Waals surface area (Å²) in [6.45, 7) is 9.85. The first-order valence-electron chi connectivity index (χ1n) is 20.7. The van der Waals surface area contributed by atoms with E-state index in [2.05, 4.69) is 92.1 Å². The third-order valence-corrected chi connectivity index (χ3v) is 11.1. The van der Waals surface area contributed by atoms with E-state index in [0.29, 0.717) is 11.8 Å². The van der Waals surface area contributed by atoms with Gasteiger partial charge in [-0.3, -0.25) is 9.97 Å². The molecule has 0 spiro atoms. The molecule has 0 saturated heterocycles. The van der Waals surface area contributed by atoms with Crippen LogP contribution in [0.4, 0.5) is 0 Å². The average Bonchev–Trinajstić information content (AvgIpc) is 4.10. The monoisotopic (exact) mass is 792 g/mol. The number of aryl methyl sites for hydroxylation is 6. The van der Waals surface area contributed by atoms with Crippen LogP contribution in [0.2, 0.25) is 0 Å². The summed E-state index contributed by atoms with van der Waals surface area (Å²) < 4.78 is 8.12. The first-order valence-corrected chi connectivity index (χ1v) is 20.7. The molecule has 0 aliphatic carbocycles. The predicted molar refractivity (Wildman–Crippen MR) is 235 cm³/mol. The van der Waals surface area contributed by atoms with Gasteiger partial charge in [0.15, 0.2) is 11.6 Å². The van der Waals surface area contributed by atoms with Crippen LogP contribution in [0.15, 0.2) is 110 Å². The molecule has 0 unspecified atom stereocenters. The average molecular weight is 793 g/mol. The summed E-state index contributed by atoms with van der Waals surface area (Å²) >= 11 is 0. The number of nitrogens with zero attached hydrogens (tertiary/aromatic N) is 12. The predicted octanol–water partition coefficient (Wildman–Crippen LogP) is 9.14. The highest BCUT2D eigenvalue weighted by Gasteiger charge is 2.26. The first kappa shape index (κ1) is 38.4. The molecule has 8 heterocycles. The standard InChI is InChI=1S/2C24H24N6/c2*1-17-15-29(16-25-17)22-12-10-20(26-18(22)2)11-13-23-27-24-21(9-6-14-30(24)28-23)19-7-4-3-5-8-19/h2*3-5,7-8,10-13,15-16,21H,6,9,14H2,1-2H3/b2*13-11+/t2*21-/m10/s1. The fraction of sp³-hybridized carbons (Fsp3) is 0.250. The van der Waals surface area contributed by atoms with Crippen molar-refractivity contribution in [3.05, 3.63) is 179 Å². The molecular formula is C48H48N12. The van der Waals surface area contributed by atoms with Crippen LogP contribution in [0, 0.1) is 27.7 Å². The van der Waals surface area contributed by atoms with E-state index < -0.39 is 0 Å². The maximum atomic E-state index is 4.84. The summed E-state index contributed by atoms with van der Waals surface area (Å²) in [7, 11) is 0. The van der Waals surface area contributed by atoms with Crippen LogP contribution < -0.4 is 0 Å². The van der Waals surface area contributed by atoms with Gasteiger partial charge >= 0.3 is 0 Å². The van der Waals surface area contributed by atoms with Crippen LogP contribution >= 0.6 is 0 Å². The van der Waals surface area contributed by atoms with Gasteiger partial charge in [0.1, 0.15) is 11.6 Å². The number of hydrogen-bond acceptors (Lipinski definition) is 8. The zero-order valence-corrected chi connectivity index (χ0v) is 34.5. The lowest BCUT2D eigenvalue weighted by molar-refractivity contribution is 0.445. The Kier molecular flexibility index (Phi) is 10.9. The molecule has 2 atom stereocenters. The molecule has 300 valence electrons. The maximum Gasteiger partial charge on any atom is 0.174 e. The molecule has 0 N–H and O–H groups in total. The van der Waals surface area contributed by atoms with Gasteiger partial charge in [0.25, 0.3) is 0 Å². The molecule has 12 heteroatoms. The third-order valence-electron chi connectivity index (χ3n) is 11.1. The molecule has 12 nitrogen and oxygen atoms in total. The fourth-order valence-corrected chi connectivity index (χ4v) is 8.18. The van der Waals surface area contributed by atoms with Crippen molar-refractivity contribution in [3.8, 4) is 11.4 Å². The van der Waals surface area contributed by atoms with E-state index in [9.17, 15) is 0 Å². The second kappa shape index (κ2) is 17.0. The summed E-state index contributed by atoms with van der Waals surface area (Å²) in [4.78, 5) is 27.7. The van der Waals surface area contributed by atoms with Gasteiger partial charge in [-0.25, -0.2) is 29.3 Å². The summed E-state index contributed by atoms with van der Waals surface area (Å²) in [6, 6.07) is 29.4. The molecule has 0 amide bonds. The molecule has 0 saturated carbocycles. The SMILES string of the molecule is Cc1cn(-c2ccc(/C=C/c3nc4n(n3)CCC[C@@H]4c3ccccc3)nc2C)cn1.Cc1cn(-c2ccc(/C=C/c3nc4n(n3)CCC[C@H]4c3ccccc3)nc2C)cn1. The maximum absolute atomic E-state index is 4.84. The van der Waals surface area contributed by atoms with E-state index in [-0.39, 0.29) is 0 Å². The third kappa shape index (κ3) is 8.40. The molecule has 0 bridgehead atoms. The number of hydrogen-bond donors (Lipinski definition) is 0. The molecule has 10 rings (SSSR count). The number of aromatic nitrogens is 12. The Morgan fingerprint density at radius 3 is 1.32 bits per heavy atom. The molecule has 60 heavy (non-hydrogen) atoms.